The Balaban J connectivity index is 1.29. The van der Waals surface area contributed by atoms with Crippen molar-refractivity contribution in [2.24, 2.45) is 0 Å². The topological polar surface area (TPSA) is 45.9 Å². The summed E-state index contributed by atoms with van der Waals surface area (Å²) >= 11 is 0. The van der Waals surface area contributed by atoms with E-state index in [-0.39, 0.29) is 0 Å². The summed E-state index contributed by atoms with van der Waals surface area (Å²) in [5, 5.41) is 8.10. The van der Waals surface area contributed by atoms with E-state index in [1.165, 1.54) is 22.1 Å². The summed E-state index contributed by atoms with van der Waals surface area (Å²) in [6.45, 7) is 0.781. The molecule has 0 aliphatic carbocycles. The van der Waals surface area contributed by atoms with Crippen molar-refractivity contribution in [3.63, 3.8) is 0 Å². The first-order chi connectivity index (χ1) is 16.8. The Morgan fingerprint density at radius 2 is 1.53 bits per heavy atom. The van der Waals surface area contributed by atoms with Crippen LogP contribution in [0, 0.1) is 0 Å². The summed E-state index contributed by atoms with van der Waals surface area (Å²) in [4.78, 5) is 8.98. The van der Waals surface area contributed by atoms with Crippen molar-refractivity contribution in [1.29, 1.82) is 0 Å². The fourth-order valence-corrected chi connectivity index (χ4v) is 4.96. The van der Waals surface area contributed by atoms with Crippen LogP contribution >= 0.6 is 0 Å². The van der Waals surface area contributed by atoms with Gasteiger partial charge in [0.2, 0.25) is 5.88 Å². The molecule has 0 unspecified atom stereocenters. The van der Waals surface area contributed by atoms with Crippen LogP contribution in [0.5, 0.6) is 11.6 Å². The van der Waals surface area contributed by atoms with Gasteiger partial charge in [-0.05, 0) is 41.8 Å². The standard InChI is InChI=1S/C28H21N5O/c1-31-18-32(26-9-5-4-8-25(26)31)19-12-14-29-28(16-19)34-20-10-11-23-21-6-2-3-7-22(21)24-13-15-30-33(24)27(23)17-20/h2-17H,18H2,1H3. The Hall–Kier alpha value is -4.58. The van der Waals surface area contributed by atoms with E-state index in [2.05, 4.69) is 81.5 Å². The van der Waals surface area contributed by atoms with Gasteiger partial charge in [-0.3, -0.25) is 0 Å². The second-order valence-corrected chi connectivity index (χ2v) is 8.56. The van der Waals surface area contributed by atoms with Crippen LogP contribution < -0.4 is 14.5 Å². The smallest absolute Gasteiger partial charge is 0.221 e. The van der Waals surface area contributed by atoms with E-state index >= 15 is 0 Å². The van der Waals surface area contributed by atoms with E-state index in [0.717, 1.165) is 34.5 Å². The van der Waals surface area contributed by atoms with Crippen LogP contribution in [-0.2, 0) is 0 Å². The minimum atomic E-state index is 0.557. The third-order valence-electron chi connectivity index (χ3n) is 6.52. The van der Waals surface area contributed by atoms with Crippen LogP contribution in [-0.4, -0.2) is 28.3 Å². The molecule has 3 aromatic heterocycles. The molecule has 6 aromatic rings. The number of ether oxygens (including phenoxy) is 1. The highest BCUT2D eigenvalue weighted by Gasteiger charge is 2.24. The molecular weight excluding hydrogens is 422 g/mol. The first kappa shape index (κ1) is 18.9. The minimum Gasteiger partial charge on any atom is -0.439 e. The largest absolute Gasteiger partial charge is 0.439 e. The Kier molecular flexibility index (Phi) is 4.02. The molecule has 0 fully saturated rings. The van der Waals surface area contributed by atoms with Crippen LogP contribution in [0.2, 0.25) is 0 Å². The predicted octanol–water partition coefficient (Wildman–Crippen LogP) is 6.37. The summed E-state index contributed by atoms with van der Waals surface area (Å²) in [7, 11) is 2.10. The Morgan fingerprint density at radius 3 is 2.44 bits per heavy atom. The van der Waals surface area contributed by atoms with E-state index < -0.39 is 0 Å². The minimum absolute atomic E-state index is 0.557. The number of hydrogen-bond donors (Lipinski definition) is 0. The van der Waals surface area contributed by atoms with Gasteiger partial charge in [0.25, 0.3) is 0 Å². The van der Waals surface area contributed by atoms with Gasteiger partial charge in [0.1, 0.15) is 5.75 Å². The maximum atomic E-state index is 6.25. The zero-order chi connectivity index (χ0) is 22.6. The maximum Gasteiger partial charge on any atom is 0.221 e. The van der Waals surface area contributed by atoms with Crippen molar-refractivity contribution in [3.8, 4) is 11.6 Å². The monoisotopic (exact) mass is 443 g/mol. The number of para-hydroxylation sites is 2. The molecule has 0 radical (unpaired) electrons. The van der Waals surface area contributed by atoms with Gasteiger partial charge in [0, 0.05) is 41.8 Å². The molecule has 1 aliphatic rings. The molecule has 7 rings (SSSR count). The van der Waals surface area contributed by atoms with Gasteiger partial charge in [-0.1, -0.05) is 36.4 Å². The molecule has 0 amide bonds. The number of anilines is 3. The molecule has 0 spiro atoms. The normalized spacial score (nSPS) is 13.2. The summed E-state index contributed by atoms with van der Waals surface area (Å²) in [6.07, 6.45) is 3.64. The van der Waals surface area contributed by atoms with Crippen molar-refractivity contribution in [3.05, 3.63) is 97.3 Å². The summed E-state index contributed by atoms with van der Waals surface area (Å²) in [5.41, 5.74) is 5.52. The number of benzene rings is 3. The highest BCUT2D eigenvalue weighted by Crippen LogP contribution is 2.40. The fourth-order valence-electron chi connectivity index (χ4n) is 4.96. The van der Waals surface area contributed by atoms with Gasteiger partial charge < -0.3 is 14.5 Å². The molecule has 4 heterocycles. The molecule has 0 atom stereocenters. The van der Waals surface area contributed by atoms with Crippen molar-refractivity contribution >= 4 is 44.3 Å². The number of rotatable bonds is 3. The van der Waals surface area contributed by atoms with Gasteiger partial charge in [0.15, 0.2) is 0 Å². The van der Waals surface area contributed by atoms with Gasteiger partial charge in [0.05, 0.1) is 35.3 Å². The number of aromatic nitrogens is 3. The molecule has 0 bridgehead atoms. The van der Waals surface area contributed by atoms with Crippen LogP contribution in [0.1, 0.15) is 0 Å². The lowest BCUT2D eigenvalue weighted by molar-refractivity contribution is 0.463. The average molecular weight is 444 g/mol. The van der Waals surface area contributed by atoms with Crippen molar-refractivity contribution in [2.45, 2.75) is 0 Å². The van der Waals surface area contributed by atoms with E-state index in [1.54, 1.807) is 6.20 Å². The highest BCUT2D eigenvalue weighted by atomic mass is 16.5. The number of pyridine rings is 2. The Bertz CT molecular complexity index is 1710. The van der Waals surface area contributed by atoms with Gasteiger partial charge in [-0.2, -0.15) is 5.10 Å². The molecular formula is C28H21N5O. The van der Waals surface area contributed by atoms with Crippen LogP contribution in [0.15, 0.2) is 97.3 Å². The Labute approximate surface area is 196 Å². The average Bonchev–Trinajstić information content (AvgIpc) is 3.50. The third-order valence-corrected chi connectivity index (χ3v) is 6.52. The van der Waals surface area contributed by atoms with Gasteiger partial charge >= 0.3 is 0 Å². The fraction of sp³-hybridized carbons (Fsp3) is 0.0714. The van der Waals surface area contributed by atoms with E-state index in [4.69, 9.17) is 4.74 Å². The molecule has 3 aromatic carbocycles. The maximum absolute atomic E-state index is 6.25. The molecule has 0 N–H and O–H groups in total. The van der Waals surface area contributed by atoms with Gasteiger partial charge in [-0.15, -0.1) is 0 Å². The second-order valence-electron chi connectivity index (χ2n) is 8.56. The summed E-state index contributed by atoms with van der Waals surface area (Å²) < 4.78 is 8.22. The predicted molar refractivity (Wildman–Crippen MR) is 136 cm³/mol. The number of nitrogens with zero attached hydrogens (tertiary/aromatic N) is 5. The molecule has 6 heteroatoms. The lowest BCUT2D eigenvalue weighted by Crippen LogP contribution is -2.23. The second kappa shape index (κ2) is 7.22. The molecule has 1 aliphatic heterocycles. The van der Waals surface area contributed by atoms with Crippen LogP contribution in [0.4, 0.5) is 17.1 Å². The van der Waals surface area contributed by atoms with Gasteiger partial charge in [-0.25, -0.2) is 9.50 Å². The molecule has 6 nitrogen and oxygen atoms in total. The lowest BCUT2D eigenvalue weighted by atomic mass is 10.0. The van der Waals surface area contributed by atoms with E-state index in [9.17, 15) is 0 Å². The van der Waals surface area contributed by atoms with E-state index in [0.29, 0.717) is 5.88 Å². The highest BCUT2D eigenvalue weighted by molar-refractivity contribution is 6.12. The summed E-state index contributed by atoms with van der Waals surface area (Å²) in [6, 6.07) is 29.0. The third kappa shape index (κ3) is 2.82. The van der Waals surface area contributed by atoms with E-state index in [1.807, 2.05) is 41.0 Å². The van der Waals surface area contributed by atoms with Crippen LogP contribution in [0.25, 0.3) is 27.2 Å². The molecule has 0 saturated carbocycles. The molecule has 34 heavy (non-hydrogen) atoms. The number of fused-ring (bicyclic) bond motifs is 7. The number of hydrogen-bond acceptors (Lipinski definition) is 5. The van der Waals surface area contributed by atoms with Crippen molar-refractivity contribution in [1.82, 2.24) is 14.6 Å². The summed E-state index contributed by atoms with van der Waals surface area (Å²) in [5.74, 6) is 1.28. The Morgan fingerprint density at radius 1 is 0.735 bits per heavy atom. The molecule has 164 valence electrons. The van der Waals surface area contributed by atoms with Crippen molar-refractivity contribution < 1.29 is 4.74 Å². The molecule has 0 saturated heterocycles. The van der Waals surface area contributed by atoms with Crippen LogP contribution in [0.3, 0.4) is 0 Å². The quantitative estimate of drug-likeness (QED) is 0.297. The lowest BCUT2D eigenvalue weighted by Gasteiger charge is -2.20. The zero-order valence-corrected chi connectivity index (χ0v) is 18.6. The van der Waals surface area contributed by atoms with Crippen molar-refractivity contribution in [2.75, 3.05) is 23.5 Å². The first-order valence-electron chi connectivity index (χ1n) is 11.3. The first-order valence-corrected chi connectivity index (χ1v) is 11.3. The SMILES string of the molecule is CN1CN(c2ccnc(Oc3ccc4c5ccccc5c5ccnn5c4c3)c2)c2ccccc21. The zero-order valence-electron chi connectivity index (χ0n) is 18.6.